The van der Waals surface area contributed by atoms with Crippen LogP contribution in [0.3, 0.4) is 0 Å². The summed E-state index contributed by atoms with van der Waals surface area (Å²) in [4.78, 5) is 28.8. The SMILES string of the molecule is CC(C)[C@]1(C(=O)N2Cc3cc(C(F)(F)F)ccc3N(S(C)(=O)=O)C2)CC[C@@H](N(C(=O)C(F)(F)F)C2CCOCC2)C1. The number of carbonyl (C=O) groups is 2. The van der Waals surface area contributed by atoms with E-state index in [0.717, 1.165) is 38.6 Å². The third kappa shape index (κ3) is 6.15. The summed E-state index contributed by atoms with van der Waals surface area (Å²) in [5, 5.41) is 0. The number of ether oxygens (including phenoxy) is 1. The number of rotatable bonds is 5. The summed E-state index contributed by atoms with van der Waals surface area (Å²) >= 11 is 0. The van der Waals surface area contributed by atoms with E-state index in [1.54, 1.807) is 13.8 Å². The van der Waals surface area contributed by atoms with Crippen molar-refractivity contribution in [3.05, 3.63) is 29.3 Å². The molecular formula is C26H33F6N3O5S. The van der Waals surface area contributed by atoms with Gasteiger partial charge in [-0.2, -0.15) is 26.3 Å². The molecule has 1 saturated heterocycles. The molecule has 3 aliphatic rings. The molecule has 0 unspecified atom stereocenters. The molecule has 0 spiro atoms. The fourth-order valence-corrected chi connectivity index (χ4v) is 7.23. The molecule has 2 amide bonds. The summed E-state index contributed by atoms with van der Waals surface area (Å²) in [5.41, 5.74) is -2.26. The molecule has 0 radical (unpaired) electrons. The van der Waals surface area contributed by atoms with Crippen molar-refractivity contribution >= 4 is 27.5 Å². The Hall–Kier alpha value is -2.55. The lowest BCUT2D eigenvalue weighted by Crippen LogP contribution is -2.55. The highest BCUT2D eigenvalue weighted by Crippen LogP contribution is 2.49. The van der Waals surface area contributed by atoms with Crippen molar-refractivity contribution in [2.75, 3.05) is 30.4 Å². The third-order valence-electron chi connectivity index (χ3n) is 8.53. The smallest absolute Gasteiger partial charge is 0.381 e. The first-order valence-corrected chi connectivity index (χ1v) is 15.2. The molecule has 4 rings (SSSR count). The van der Waals surface area contributed by atoms with Crippen molar-refractivity contribution in [3.63, 3.8) is 0 Å². The zero-order valence-electron chi connectivity index (χ0n) is 22.9. The van der Waals surface area contributed by atoms with Gasteiger partial charge in [0.1, 0.15) is 6.67 Å². The Morgan fingerprint density at radius 1 is 1.05 bits per heavy atom. The topological polar surface area (TPSA) is 87.2 Å². The van der Waals surface area contributed by atoms with E-state index in [0.29, 0.717) is 0 Å². The van der Waals surface area contributed by atoms with E-state index < -0.39 is 69.8 Å². The normalized spacial score (nSPS) is 24.5. The first-order chi connectivity index (χ1) is 18.9. The number of nitrogens with zero attached hydrogens (tertiary/aromatic N) is 3. The van der Waals surface area contributed by atoms with E-state index in [1.807, 2.05) is 0 Å². The van der Waals surface area contributed by atoms with Gasteiger partial charge in [-0.05, 0) is 61.8 Å². The lowest BCUT2D eigenvalue weighted by molar-refractivity contribution is -0.192. The second-order valence-electron chi connectivity index (χ2n) is 11.4. The van der Waals surface area contributed by atoms with Crippen LogP contribution in [-0.4, -0.2) is 74.4 Å². The molecule has 0 bridgehead atoms. The zero-order chi connectivity index (χ0) is 30.5. The van der Waals surface area contributed by atoms with E-state index in [4.69, 9.17) is 4.74 Å². The second-order valence-corrected chi connectivity index (χ2v) is 13.3. The van der Waals surface area contributed by atoms with E-state index in [9.17, 15) is 44.3 Å². The Morgan fingerprint density at radius 3 is 2.22 bits per heavy atom. The lowest BCUT2D eigenvalue weighted by Gasteiger charge is -2.44. The van der Waals surface area contributed by atoms with E-state index >= 15 is 0 Å². The number of sulfonamides is 1. The van der Waals surface area contributed by atoms with Gasteiger partial charge in [-0.25, -0.2) is 8.42 Å². The Morgan fingerprint density at radius 2 is 1.68 bits per heavy atom. The summed E-state index contributed by atoms with van der Waals surface area (Å²) in [5.74, 6) is -2.97. The van der Waals surface area contributed by atoms with Gasteiger partial charge in [0.2, 0.25) is 15.9 Å². The third-order valence-corrected chi connectivity index (χ3v) is 9.65. The molecule has 0 N–H and O–H groups in total. The average molecular weight is 614 g/mol. The second kappa shape index (κ2) is 10.9. The van der Waals surface area contributed by atoms with Crippen LogP contribution < -0.4 is 4.31 Å². The van der Waals surface area contributed by atoms with E-state index in [2.05, 4.69) is 0 Å². The number of fused-ring (bicyclic) bond motifs is 1. The average Bonchev–Trinajstić information content (AvgIpc) is 3.32. The molecule has 1 aromatic rings. The number of carbonyl (C=O) groups excluding carboxylic acids is 2. The Balaban J connectivity index is 1.68. The van der Waals surface area contributed by atoms with Crippen LogP contribution >= 0.6 is 0 Å². The van der Waals surface area contributed by atoms with Gasteiger partial charge in [0, 0.05) is 31.8 Å². The van der Waals surface area contributed by atoms with Gasteiger partial charge >= 0.3 is 18.3 Å². The molecule has 0 aromatic heterocycles. The van der Waals surface area contributed by atoms with Crippen LogP contribution in [0.4, 0.5) is 32.0 Å². The number of benzene rings is 1. The van der Waals surface area contributed by atoms with Gasteiger partial charge in [0.05, 0.1) is 22.9 Å². The van der Waals surface area contributed by atoms with Crippen molar-refractivity contribution in [1.82, 2.24) is 9.80 Å². The highest BCUT2D eigenvalue weighted by atomic mass is 32.2. The number of amides is 2. The number of anilines is 1. The maximum atomic E-state index is 14.2. The number of hydrogen-bond acceptors (Lipinski definition) is 5. The molecule has 1 saturated carbocycles. The molecule has 2 fully saturated rings. The van der Waals surface area contributed by atoms with Crippen molar-refractivity contribution in [1.29, 1.82) is 0 Å². The highest BCUT2D eigenvalue weighted by Gasteiger charge is 2.55. The summed E-state index contributed by atoms with van der Waals surface area (Å²) in [6.45, 7) is 3.06. The van der Waals surface area contributed by atoms with Crippen LogP contribution in [0.1, 0.15) is 57.1 Å². The molecule has 230 valence electrons. The minimum absolute atomic E-state index is 0.0191. The fourth-order valence-electron chi connectivity index (χ4n) is 6.34. The number of hydrogen-bond donors (Lipinski definition) is 0. The van der Waals surface area contributed by atoms with Gasteiger partial charge in [0.25, 0.3) is 0 Å². The van der Waals surface area contributed by atoms with Crippen molar-refractivity contribution in [2.45, 2.75) is 76.9 Å². The Kier molecular flexibility index (Phi) is 8.37. The van der Waals surface area contributed by atoms with Crippen LogP contribution in [0.15, 0.2) is 18.2 Å². The Bertz CT molecular complexity index is 1280. The van der Waals surface area contributed by atoms with Crippen molar-refractivity contribution in [2.24, 2.45) is 11.3 Å². The van der Waals surface area contributed by atoms with Gasteiger partial charge in [-0.15, -0.1) is 0 Å². The molecule has 2 aliphatic heterocycles. The van der Waals surface area contributed by atoms with Crippen LogP contribution in [0.2, 0.25) is 0 Å². The predicted octanol–water partition coefficient (Wildman–Crippen LogP) is 4.54. The lowest BCUT2D eigenvalue weighted by atomic mass is 9.74. The summed E-state index contributed by atoms with van der Waals surface area (Å²) in [6.07, 6.45) is -8.36. The van der Waals surface area contributed by atoms with E-state index in [1.165, 1.54) is 0 Å². The first kappa shape index (κ1) is 31.4. The Labute approximate surface area is 234 Å². The van der Waals surface area contributed by atoms with Gasteiger partial charge in [0.15, 0.2) is 0 Å². The predicted molar refractivity (Wildman–Crippen MR) is 136 cm³/mol. The summed E-state index contributed by atoms with van der Waals surface area (Å²) in [7, 11) is -4.02. The fraction of sp³-hybridized carbons (Fsp3) is 0.692. The summed E-state index contributed by atoms with van der Waals surface area (Å²) < 4.78 is 113. The van der Waals surface area contributed by atoms with Gasteiger partial charge in [-0.3, -0.25) is 13.9 Å². The minimum atomic E-state index is -5.12. The van der Waals surface area contributed by atoms with Crippen LogP contribution in [0.25, 0.3) is 0 Å². The molecule has 15 heteroatoms. The highest BCUT2D eigenvalue weighted by molar-refractivity contribution is 7.92. The minimum Gasteiger partial charge on any atom is -0.381 e. The number of halogens is 6. The van der Waals surface area contributed by atoms with E-state index in [-0.39, 0.29) is 63.1 Å². The standard InChI is InChI=1S/C26H33F6N3O5S/c1-16(2)24(9-6-20(13-24)35(23(37)26(30,31)32)19-7-10-40-11-8-19)22(36)33-14-17-12-18(25(27,28)29)4-5-21(17)34(15-33)41(3,38)39/h4-5,12,16,19-20H,6-11,13-15H2,1-3H3/t20-,24+/m1/s1. The van der Waals surface area contributed by atoms with Crippen LogP contribution in [0, 0.1) is 11.3 Å². The molecule has 2 atom stereocenters. The molecular weight excluding hydrogens is 580 g/mol. The molecule has 8 nitrogen and oxygen atoms in total. The molecule has 41 heavy (non-hydrogen) atoms. The molecule has 1 aromatic carbocycles. The maximum Gasteiger partial charge on any atom is 0.471 e. The summed E-state index contributed by atoms with van der Waals surface area (Å²) in [6, 6.07) is 1.01. The van der Waals surface area contributed by atoms with Crippen LogP contribution in [-0.2, 0) is 37.1 Å². The maximum absolute atomic E-state index is 14.2. The van der Waals surface area contributed by atoms with Crippen molar-refractivity contribution < 1.29 is 49.1 Å². The number of alkyl halides is 6. The molecule has 2 heterocycles. The first-order valence-electron chi connectivity index (χ1n) is 13.3. The molecule has 1 aliphatic carbocycles. The van der Waals surface area contributed by atoms with Crippen molar-refractivity contribution in [3.8, 4) is 0 Å². The monoisotopic (exact) mass is 613 g/mol. The van der Waals surface area contributed by atoms with Gasteiger partial charge < -0.3 is 14.5 Å². The quantitative estimate of drug-likeness (QED) is 0.456. The van der Waals surface area contributed by atoms with Crippen LogP contribution in [0.5, 0.6) is 0 Å². The van der Waals surface area contributed by atoms with Gasteiger partial charge in [-0.1, -0.05) is 13.8 Å². The largest absolute Gasteiger partial charge is 0.471 e. The zero-order valence-corrected chi connectivity index (χ0v) is 23.7.